The zero-order valence-electron chi connectivity index (χ0n) is 28.3. The summed E-state index contributed by atoms with van der Waals surface area (Å²) in [6.45, 7) is 1.80. The maximum atomic E-state index is 12.7. The molecule has 6 amide bonds. The molecule has 0 aromatic rings. The second kappa shape index (κ2) is 24.0. The van der Waals surface area contributed by atoms with E-state index in [0.29, 0.717) is 69.8 Å². The van der Waals surface area contributed by atoms with Crippen molar-refractivity contribution in [2.75, 3.05) is 43.9 Å². The minimum absolute atomic E-state index is 0.0396. The van der Waals surface area contributed by atoms with Crippen LogP contribution in [-0.4, -0.2) is 105 Å². The number of unbranched alkanes of at least 4 members (excludes halogenated alkanes) is 6. The summed E-state index contributed by atoms with van der Waals surface area (Å²) in [5, 5.41) is 17.7. The predicted octanol–water partition coefficient (Wildman–Crippen LogP) is 1.49. The topological polar surface area (TPSA) is 218 Å². The van der Waals surface area contributed by atoms with Gasteiger partial charge in [0.2, 0.25) is 23.6 Å². The molecule has 276 valence electrons. The smallest absolute Gasteiger partial charge is 0.315 e. The lowest BCUT2D eigenvalue weighted by molar-refractivity contribution is -0.129. The summed E-state index contributed by atoms with van der Waals surface area (Å²) in [5.41, 5.74) is 5.50. The summed E-state index contributed by atoms with van der Waals surface area (Å²) in [6, 6.07) is -0.382. The molecule has 2 fully saturated rings. The molecule has 0 bridgehead atoms. The van der Waals surface area contributed by atoms with E-state index >= 15 is 0 Å². The van der Waals surface area contributed by atoms with E-state index in [1.165, 1.54) is 0 Å². The second-order valence-electron chi connectivity index (χ2n) is 12.4. The number of carbonyl (C=O) groups is 5. The van der Waals surface area contributed by atoms with Crippen molar-refractivity contribution in [3.8, 4) is 0 Å². The van der Waals surface area contributed by atoms with Gasteiger partial charge in [-0.15, -0.1) is 0 Å². The molecule has 8 N–H and O–H groups in total. The zero-order valence-corrected chi connectivity index (χ0v) is 30.8. The Hall–Kier alpha value is -2.24. The molecule has 0 aromatic heterocycles. The van der Waals surface area contributed by atoms with Gasteiger partial charge in [0, 0.05) is 61.9 Å². The zero-order chi connectivity index (χ0) is 35.2. The van der Waals surface area contributed by atoms with E-state index in [0.717, 1.165) is 74.2 Å². The highest BCUT2D eigenvalue weighted by molar-refractivity contribution is 8.71. The molecular formula is C31H57N7O7S3. The largest absolute Gasteiger partial charge is 0.356 e. The van der Waals surface area contributed by atoms with Crippen LogP contribution in [0.3, 0.4) is 0 Å². The normalized spacial score (nSPS) is 19.1. The van der Waals surface area contributed by atoms with Crippen LogP contribution in [0.25, 0.3) is 0 Å². The van der Waals surface area contributed by atoms with Gasteiger partial charge in [0.1, 0.15) is 6.04 Å². The maximum Gasteiger partial charge on any atom is 0.315 e. The number of hydrogen-bond donors (Lipinski definition) is 7. The first-order chi connectivity index (χ1) is 23.0. The van der Waals surface area contributed by atoms with Crippen molar-refractivity contribution < 1.29 is 32.4 Å². The molecular weight excluding hydrogens is 679 g/mol. The van der Waals surface area contributed by atoms with Gasteiger partial charge in [-0.05, 0) is 75.1 Å². The van der Waals surface area contributed by atoms with E-state index in [1.807, 2.05) is 11.8 Å². The van der Waals surface area contributed by atoms with Gasteiger partial charge in [0.05, 0.1) is 12.1 Å². The molecule has 0 aliphatic carbocycles. The first-order valence-corrected chi connectivity index (χ1v) is 21.8. The van der Waals surface area contributed by atoms with Crippen LogP contribution in [0.1, 0.15) is 96.3 Å². The molecule has 0 unspecified atom stereocenters. The summed E-state index contributed by atoms with van der Waals surface area (Å²) in [5.74, 6) is 0.605. The highest BCUT2D eigenvalue weighted by atomic mass is 33.1. The standard InChI is InChI=1S/C31H57N7O7S3/c1-48(44,45)47-21-20-35-30(42)23(36-28(41)16-4-2-9-17-32)12-8-11-19-34-26(39)14-5-3-10-18-33-27(40)15-7-6-13-25-29-24(22-46-25)37-31(43)38-29/h23-25,29H,2-22,32H2,1H3,(H,33,40)(H,34,39)(H,35,42)(H,36,41)(H2,37,38,43)/t23-,24+,25-,29-/m0/s1. The number of amides is 6. The molecule has 2 aliphatic rings. The Morgan fingerprint density at radius 2 is 1.46 bits per heavy atom. The predicted molar refractivity (Wildman–Crippen MR) is 192 cm³/mol. The summed E-state index contributed by atoms with van der Waals surface area (Å²) in [7, 11) is -2.44. The van der Waals surface area contributed by atoms with Gasteiger partial charge < -0.3 is 37.6 Å². The first kappa shape index (κ1) is 41.9. The van der Waals surface area contributed by atoms with Crippen LogP contribution >= 0.6 is 22.6 Å². The van der Waals surface area contributed by atoms with Crippen LogP contribution in [0.4, 0.5) is 4.79 Å². The minimum atomic E-state index is -3.20. The first-order valence-electron chi connectivity index (χ1n) is 17.3. The lowest BCUT2D eigenvalue weighted by Gasteiger charge is -2.18. The molecule has 2 rings (SSSR count). The fourth-order valence-electron chi connectivity index (χ4n) is 5.60. The highest BCUT2D eigenvalue weighted by Gasteiger charge is 2.42. The molecule has 4 atom stereocenters. The molecule has 0 radical (unpaired) electrons. The molecule has 2 saturated heterocycles. The minimum Gasteiger partial charge on any atom is -0.356 e. The molecule has 2 aliphatic heterocycles. The molecule has 0 spiro atoms. The summed E-state index contributed by atoms with van der Waals surface area (Å²) < 4.78 is 22.6. The van der Waals surface area contributed by atoms with Gasteiger partial charge in [-0.25, -0.2) is 13.2 Å². The average Bonchev–Trinajstić information content (AvgIpc) is 3.59. The highest BCUT2D eigenvalue weighted by Crippen LogP contribution is 2.33. The van der Waals surface area contributed by atoms with E-state index in [9.17, 15) is 32.4 Å². The van der Waals surface area contributed by atoms with E-state index in [-0.39, 0.29) is 54.0 Å². The summed E-state index contributed by atoms with van der Waals surface area (Å²) >= 11 is 1.89. The Bertz CT molecular complexity index is 1130. The SMILES string of the molecule is CS(=O)(=O)SCCNC(=O)[C@H](CCCCNC(=O)CCCCCNC(=O)CCCC[C@@H]1SC[C@H]2NC(=O)N[C@H]12)NC(=O)CCCCCN. The van der Waals surface area contributed by atoms with Crippen molar-refractivity contribution in [3.63, 3.8) is 0 Å². The Kier molecular flexibility index (Phi) is 21.0. The van der Waals surface area contributed by atoms with Crippen molar-refractivity contribution in [1.82, 2.24) is 31.9 Å². The van der Waals surface area contributed by atoms with Crippen molar-refractivity contribution >= 4 is 61.1 Å². The average molecular weight is 736 g/mol. The lowest BCUT2D eigenvalue weighted by atomic mass is 10.0. The molecule has 14 nitrogen and oxygen atoms in total. The third-order valence-electron chi connectivity index (χ3n) is 8.18. The number of urea groups is 1. The van der Waals surface area contributed by atoms with E-state index in [2.05, 4.69) is 31.9 Å². The van der Waals surface area contributed by atoms with Crippen molar-refractivity contribution in [2.24, 2.45) is 5.73 Å². The number of fused-ring (bicyclic) bond motifs is 1. The van der Waals surface area contributed by atoms with Crippen LogP contribution in [-0.2, 0) is 28.0 Å². The number of nitrogens with two attached hydrogens (primary N) is 1. The van der Waals surface area contributed by atoms with Crippen LogP contribution in [0.15, 0.2) is 0 Å². The molecule has 0 aromatic carbocycles. The van der Waals surface area contributed by atoms with Crippen molar-refractivity contribution in [1.29, 1.82) is 0 Å². The van der Waals surface area contributed by atoms with E-state index in [4.69, 9.17) is 5.73 Å². The molecule has 0 saturated carbocycles. The van der Waals surface area contributed by atoms with Gasteiger partial charge in [-0.1, -0.05) is 19.3 Å². The third kappa shape index (κ3) is 19.1. The van der Waals surface area contributed by atoms with Crippen LogP contribution in [0.2, 0.25) is 0 Å². The third-order valence-corrected chi connectivity index (χ3v) is 12.3. The van der Waals surface area contributed by atoms with Crippen molar-refractivity contribution in [3.05, 3.63) is 0 Å². The van der Waals surface area contributed by atoms with Crippen LogP contribution < -0.4 is 37.6 Å². The fourth-order valence-corrected chi connectivity index (χ4v) is 8.79. The summed E-state index contributed by atoms with van der Waals surface area (Å²) in [6.07, 6.45) is 11.5. The van der Waals surface area contributed by atoms with Gasteiger partial charge >= 0.3 is 6.03 Å². The quantitative estimate of drug-likeness (QED) is 0.0366. The van der Waals surface area contributed by atoms with Gasteiger partial charge in [-0.2, -0.15) is 11.8 Å². The Morgan fingerprint density at radius 1 is 0.833 bits per heavy atom. The fraction of sp³-hybridized carbons (Fsp3) is 0.839. The van der Waals surface area contributed by atoms with E-state index < -0.39 is 14.9 Å². The lowest BCUT2D eigenvalue weighted by Crippen LogP contribution is -2.47. The number of thioether (sulfide) groups is 1. The Balaban J connectivity index is 1.50. The monoisotopic (exact) mass is 735 g/mol. The second-order valence-corrected chi connectivity index (χ2v) is 18.3. The Labute approximate surface area is 293 Å². The van der Waals surface area contributed by atoms with Crippen LogP contribution in [0.5, 0.6) is 0 Å². The molecule has 2 heterocycles. The Morgan fingerprint density at radius 3 is 2.12 bits per heavy atom. The number of rotatable bonds is 27. The molecule has 48 heavy (non-hydrogen) atoms. The van der Waals surface area contributed by atoms with Gasteiger partial charge in [-0.3, -0.25) is 19.2 Å². The van der Waals surface area contributed by atoms with Gasteiger partial charge in [0.25, 0.3) is 0 Å². The van der Waals surface area contributed by atoms with E-state index in [1.54, 1.807) is 0 Å². The van der Waals surface area contributed by atoms with Crippen molar-refractivity contribution in [2.45, 2.75) is 120 Å². The molecule has 17 heteroatoms. The number of carbonyl (C=O) groups excluding carboxylic acids is 5. The maximum absolute atomic E-state index is 12.7. The summed E-state index contributed by atoms with van der Waals surface area (Å²) in [4.78, 5) is 61.0. The van der Waals surface area contributed by atoms with Crippen LogP contribution in [0, 0.1) is 0 Å². The number of nitrogens with one attached hydrogen (secondary N) is 6. The number of hydrogen-bond acceptors (Lipinski definition) is 10. The van der Waals surface area contributed by atoms with Gasteiger partial charge in [0.15, 0.2) is 8.87 Å².